The molecule has 15 heavy (non-hydrogen) atoms. The van der Waals surface area contributed by atoms with Crippen molar-refractivity contribution in [2.75, 3.05) is 6.61 Å². The van der Waals surface area contributed by atoms with E-state index >= 15 is 0 Å². The molecule has 82 valence electrons. The fraction of sp³-hybridized carbons (Fsp3) is 0.500. The van der Waals surface area contributed by atoms with Gasteiger partial charge in [-0.2, -0.15) is 0 Å². The summed E-state index contributed by atoms with van der Waals surface area (Å²) in [6.45, 7) is 4.70. The van der Waals surface area contributed by atoms with E-state index in [-0.39, 0.29) is 11.6 Å². The van der Waals surface area contributed by atoms with Crippen LogP contribution in [0.2, 0.25) is 0 Å². The monoisotopic (exact) mass is 209 g/mol. The van der Waals surface area contributed by atoms with Crippen LogP contribution >= 0.6 is 0 Å². The molecule has 5 heteroatoms. The van der Waals surface area contributed by atoms with Crippen LogP contribution in [-0.2, 0) is 0 Å². The molecule has 1 aromatic rings. The second kappa shape index (κ2) is 5.29. The molecule has 0 aliphatic carbocycles. The van der Waals surface area contributed by atoms with E-state index in [9.17, 15) is 4.79 Å². The maximum absolute atomic E-state index is 11.0. The zero-order chi connectivity index (χ0) is 11.3. The summed E-state index contributed by atoms with van der Waals surface area (Å²) in [5.41, 5.74) is 5.21. The second-order valence-corrected chi connectivity index (χ2v) is 3.61. The number of ether oxygens (including phenoxy) is 1. The van der Waals surface area contributed by atoms with Crippen molar-refractivity contribution in [2.45, 2.75) is 20.3 Å². The second-order valence-electron chi connectivity index (χ2n) is 3.61. The highest BCUT2D eigenvalue weighted by Crippen LogP contribution is 2.11. The van der Waals surface area contributed by atoms with Crippen molar-refractivity contribution in [3.05, 3.63) is 18.1 Å². The summed E-state index contributed by atoms with van der Waals surface area (Å²) in [4.78, 5) is 18.7. The van der Waals surface area contributed by atoms with Crippen LogP contribution in [0.1, 0.15) is 30.8 Å². The quantitative estimate of drug-likeness (QED) is 0.784. The largest absolute Gasteiger partial charge is 0.476 e. The molecule has 0 saturated heterocycles. The van der Waals surface area contributed by atoms with Gasteiger partial charge in [0.1, 0.15) is 0 Å². The number of carbonyl (C=O) groups excluding carboxylic acids is 1. The Morgan fingerprint density at radius 1 is 1.47 bits per heavy atom. The molecule has 0 saturated carbocycles. The molecule has 0 radical (unpaired) electrons. The first-order valence-corrected chi connectivity index (χ1v) is 4.85. The van der Waals surface area contributed by atoms with Gasteiger partial charge in [0.15, 0.2) is 5.69 Å². The zero-order valence-electron chi connectivity index (χ0n) is 8.93. The van der Waals surface area contributed by atoms with E-state index < -0.39 is 5.91 Å². The molecule has 0 unspecified atom stereocenters. The van der Waals surface area contributed by atoms with E-state index in [1.54, 1.807) is 0 Å². The van der Waals surface area contributed by atoms with E-state index in [0.29, 0.717) is 12.5 Å². The SMILES string of the molecule is CC(C)CCOc1nccnc1C(N)=O. The number of primary amides is 1. The van der Waals surface area contributed by atoms with Crippen molar-refractivity contribution in [1.29, 1.82) is 0 Å². The first kappa shape index (κ1) is 11.4. The number of rotatable bonds is 5. The summed E-state index contributed by atoms with van der Waals surface area (Å²) in [5, 5.41) is 0. The van der Waals surface area contributed by atoms with Crippen LogP contribution in [0.3, 0.4) is 0 Å². The average Bonchev–Trinajstić information content (AvgIpc) is 2.17. The first-order valence-electron chi connectivity index (χ1n) is 4.85. The molecule has 0 aliphatic heterocycles. The Morgan fingerprint density at radius 2 is 2.13 bits per heavy atom. The summed E-state index contributed by atoms with van der Waals surface area (Å²) >= 11 is 0. The van der Waals surface area contributed by atoms with Crippen LogP contribution in [0, 0.1) is 5.92 Å². The molecule has 0 aliphatic rings. The van der Waals surface area contributed by atoms with Gasteiger partial charge in [-0.3, -0.25) is 4.79 Å². The molecule has 1 aromatic heterocycles. The molecule has 2 N–H and O–H groups in total. The third-order valence-electron chi connectivity index (χ3n) is 1.83. The minimum atomic E-state index is -0.623. The van der Waals surface area contributed by atoms with Crippen LogP contribution in [0.4, 0.5) is 0 Å². The van der Waals surface area contributed by atoms with Crippen molar-refractivity contribution in [3.63, 3.8) is 0 Å². The number of carbonyl (C=O) groups is 1. The van der Waals surface area contributed by atoms with E-state index in [2.05, 4.69) is 23.8 Å². The normalized spacial score (nSPS) is 10.3. The van der Waals surface area contributed by atoms with Crippen LogP contribution in [0.25, 0.3) is 0 Å². The zero-order valence-corrected chi connectivity index (χ0v) is 8.93. The maximum atomic E-state index is 11.0. The molecule has 0 aromatic carbocycles. The molecule has 0 bridgehead atoms. The predicted molar refractivity (Wildman–Crippen MR) is 55.5 cm³/mol. The first-order chi connectivity index (χ1) is 7.11. The molecule has 0 atom stereocenters. The van der Waals surface area contributed by atoms with Gasteiger partial charge in [0, 0.05) is 12.4 Å². The fourth-order valence-electron chi connectivity index (χ4n) is 0.991. The smallest absolute Gasteiger partial charge is 0.272 e. The Kier molecular flexibility index (Phi) is 4.03. The van der Waals surface area contributed by atoms with Gasteiger partial charge in [-0.05, 0) is 12.3 Å². The topological polar surface area (TPSA) is 78.1 Å². The number of nitrogens with two attached hydrogens (primary N) is 1. The van der Waals surface area contributed by atoms with Crippen LogP contribution in [0.15, 0.2) is 12.4 Å². The van der Waals surface area contributed by atoms with E-state index in [1.165, 1.54) is 12.4 Å². The van der Waals surface area contributed by atoms with Gasteiger partial charge in [0.2, 0.25) is 5.88 Å². The van der Waals surface area contributed by atoms with Gasteiger partial charge in [-0.15, -0.1) is 0 Å². The van der Waals surface area contributed by atoms with Crippen molar-refractivity contribution >= 4 is 5.91 Å². The molecule has 1 heterocycles. The van der Waals surface area contributed by atoms with Crippen molar-refractivity contribution < 1.29 is 9.53 Å². The summed E-state index contributed by atoms with van der Waals surface area (Å²) in [6, 6.07) is 0. The molecule has 5 nitrogen and oxygen atoms in total. The third-order valence-corrected chi connectivity index (χ3v) is 1.83. The van der Waals surface area contributed by atoms with Gasteiger partial charge < -0.3 is 10.5 Å². The molecule has 1 amide bonds. The van der Waals surface area contributed by atoms with E-state index in [1.807, 2.05) is 0 Å². The number of amides is 1. The number of aromatic nitrogens is 2. The highest BCUT2D eigenvalue weighted by molar-refractivity contribution is 5.92. The highest BCUT2D eigenvalue weighted by Gasteiger charge is 2.11. The van der Waals surface area contributed by atoms with E-state index in [0.717, 1.165) is 6.42 Å². The molecular weight excluding hydrogens is 194 g/mol. The van der Waals surface area contributed by atoms with Crippen LogP contribution in [-0.4, -0.2) is 22.5 Å². The van der Waals surface area contributed by atoms with Gasteiger partial charge in [-0.1, -0.05) is 13.8 Å². The average molecular weight is 209 g/mol. The third kappa shape index (κ3) is 3.53. The Labute approximate surface area is 88.7 Å². The fourth-order valence-corrected chi connectivity index (χ4v) is 0.991. The molecule has 0 fully saturated rings. The summed E-state index contributed by atoms with van der Waals surface area (Å²) < 4.78 is 5.33. The van der Waals surface area contributed by atoms with Crippen molar-refractivity contribution in [3.8, 4) is 5.88 Å². The highest BCUT2D eigenvalue weighted by atomic mass is 16.5. The van der Waals surface area contributed by atoms with Crippen LogP contribution < -0.4 is 10.5 Å². The summed E-state index contributed by atoms with van der Waals surface area (Å²) in [5.74, 6) is 0.131. The van der Waals surface area contributed by atoms with Gasteiger partial charge in [-0.25, -0.2) is 9.97 Å². The molecule has 1 rings (SSSR count). The number of hydrogen-bond donors (Lipinski definition) is 1. The van der Waals surface area contributed by atoms with E-state index in [4.69, 9.17) is 10.5 Å². The van der Waals surface area contributed by atoms with Gasteiger partial charge in [0.05, 0.1) is 6.61 Å². The Hall–Kier alpha value is -1.65. The predicted octanol–water partition coefficient (Wildman–Crippen LogP) is 1.00. The van der Waals surface area contributed by atoms with Crippen LogP contribution in [0.5, 0.6) is 5.88 Å². The van der Waals surface area contributed by atoms with Gasteiger partial charge >= 0.3 is 0 Å². The van der Waals surface area contributed by atoms with Gasteiger partial charge in [0.25, 0.3) is 5.91 Å². The number of nitrogens with zero attached hydrogens (tertiary/aromatic N) is 2. The standard InChI is InChI=1S/C10H15N3O2/c1-7(2)3-6-15-10-8(9(11)14)12-4-5-13-10/h4-5,7H,3,6H2,1-2H3,(H2,11,14). The lowest BCUT2D eigenvalue weighted by Crippen LogP contribution is -2.16. The Morgan fingerprint density at radius 3 is 2.73 bits per heavy atom. The molecule has 0 spiro atoms. The lowest BCUT2D eigenvalue weighted by Gasteiger charge is -2.08. The van der Waals surface area contributed by atoms with Crippen molar-refractivity contribution in [1.82, 2.24) is 9.97 Å². The maximum Gasteiger partial charge on any atom is 0.272 e. The Balaban J connectivity index is 2.63. The minimum absolute atomic E-state index is 0.0845. The lowest BCUT2D eigenvalue weighted by molar-refractivity contribution is 0.0990. The number of hydrogen-bond acceptors (Lipinski definition) is 4. The summed E-state index contributed by atoms with van der Waals surface area (Å²) in [6.07, 6.45) is 3.78. The van der Waals surface area contributed by atoms with Crippen molar-refractivity contribution in [2.24, 2.45) is 11.7 Å². The lowest BCUT2D eigenvalue weighted by atomic mass is 10.1. The minimum Gasteiger partial charge on any atom is -0.476 e. The Bertz CT molecular complexity index is 339. The summed E-state index contributed by atoms with van der Waals surface area (Å²) in [7, 11) is 0. The molecular formula is C10H15N3O2.